The smallest absolute Gasteiger partial charge is 0.232 e. The van der Waals surface area contributed by atoms with Crippen molar-refractivity contribution in [3.8, 4) is 0 Å². The average molecular weight is 507 g/mol. The van der Waals surface area contributed by atoms with Gasteiger partial charge in [-0.25, -0.2) is 4.98 Å². The number of nitrogens with zero attached hydrogens (tertiary/aromatic N) is 3. The summed E-state index contributed by atoms with van der Waals surface area (Å²) in [6, 6.07) is 10.1. The van der Waals surface area contributed by atoms with Gasteiger partial charge in [-0.3, -0.25) is 0 Å². The molecule has 1 aromatic heterocycles. The van der Waals surface area contributed by atoms with Gasteiger partial charge in [-0.2, -0.15) is 4.98 Å². The van der Waals surface area contributed by atoms with Crippen LogP contribution in [0.2, 0.25) is 10.2 Å². The monoisotopic (exact) mass is 505 g/mol. The third-order valence-corrected chi connectivity index (χ3v) is 7.65. The fraction of sp³-hybridized carbons (Fsp3) is 0.560. The molecule has 2 aromatic rings. The second-order valence-corrected chi connectivity index (χ2v) is 11.1. The Morgan fingerprint density at radius 2 is 1.73 bits per heavy atom. The molecule has 1 saturated carbocycles. The summed E-state index contributed by atoms with van der Waals surface area (Å²) in [5.41, 5.74) is 1.37. The number of aromatic nitrogens is 2. The summed E-state index contributed by atoms with van der Waals surface area (Å²) in [4.78, 5) is 11.4. The molecule has 1 aromatic carbocycles. The molecule has 4 rings (SSSR count). The fourth-order valence-corrected chi connectivity index (χ4v) is 5.94. The quantitative estimate of drug-likeness (QED) is 0.359. The molecule has 0 spiro atoms. The molecule has 2 fully saturated rings. The van der Waals surface area contributed by atoms with E-state index >= 15 is 0 Å². The molecule has 0 radical (unpaired) electrons. The van der Waals surface area contributed by atoms with E-state index in [1.54, 1.807) is 0 Å². The van der Waals surface area contributed by atoms with Crippen LogP contribution in [0.15, 0.2) is 30.3 Å². The van der Waals surface area contributed by atoms with Gasteiger partial charge in [0.2, 0.25) is 5.95 Å². The molecular weight excluding hydrogens is 473 g/mol. The molecule has 0 bridgehead atoms. The molecule has 1 aliphatic heterocycles. The summed E-state index contributed by atoms with van der Waals surface area (Å²) in [7, 11) is 0. The Morgan fingerprint density at radius 1 is 1.06 bits per heavy atom. The third-order valence-electron chi connectivity index (χ3n) is 6.95. The van der Waals surface area contributed by atoms with Crippen molar-refractivity contribution in [2.45, 2.75) is 57.8 Å². The number of nitrogens with one attached hydrogen (secondary N) is 2. The van der Waals surface area contributed by atoms with Crippen molar-refractivity contribution < 1.29 is 0 Å². The molecule has 2 heterocycles. The van der Waals surface area contributed by atoms with Crippen molar-refractivity contribution in [3.63, 3.8) is 0 Å². The van der Waals surface area contributed by atoms with E-state index in [1.807, 2.05) is 18.2 Å². The van der Waals surface area contributed by atoms with Crippen LogP contribution in [0, 0.1) is 11.8 Å². The van der Waals surface area contributed by atoms with Crippen molar-refractivity contribution >= 4 is 52.3 Å². The molecule has 2 N–H and O–H groups in total. The van der Waals surface area contributed by atoms with Crippen molar-refractivity contribution in [1.82, 2.24) is 15.3 Å². The number of rotatable bonds is 5. The maximum absolute atomic E-state index is 6.35. The molecule has 2 aliphatic rings. The standard InChI is InChI=1S/C25H33Cl2N5S/c1-17-12-18(2)15-32(14-17)22-13-21(27)29-23(30-22)31-24(33)28-16-25(10-4-3-5-11-25)19-6-8-20(26)9-7-19/h6-9,13,17-18H,3-5,10-12,14-16H2,1-2H3,(H2,28,29,30,31,33)/t17-,18-/m0/s1. The van der Waals surface area contributed by atoms with E-state index in [2.05, 4.69) is 46.5 Å². The minimum absolute atomic E-state index is 0.0506. The van der Waals surface area contributed by atoms with Gasteiger partial charge in [0.15, 0.2) is 5.11 Å². The number of piperidine rings is 1. The molecule has 1 aliphatic carbocycles. The predicted octanol–water partition coefficient (Wildman–Crippen LogP) is 6.45. The summed E-state index contributed by atoms with van der Waals surface area (Å²) in [5, 5.41) is 8.30. The lowest BCUT2D eigenvalue weighted by molar-refractivity contribution is 0.292. The zero-order valence-electron chi connectivity index (χ0n) is 19.4. The van der Waals surface area contributed by atoms with Crippen molar-refractivity contribution in [1.29, 1.82) is 0 Å². The Bertz CT molecular complexity index is 952. The van der Waals surface area contributed by atoms with Crippen LogP contribution < -0.4 is 15.5 Å². The molecule has 0 amide bonds. The van der Waals surface area contributed by atoms with E-state index in [0.29, 0.717) is 28.0 Å². The lowest BCUT2D eigenvalue weighted by atomic mass is 9.69. The Hall–Kier alpha value is -1.63. The first-order valence-corrected chi connectivity index (χ1v) is 13.1. The van der Waals surface area contributed by atoms with Crippen LogP contribution in [0.25, 0.3) is 0 Å². The second kappa shape index (κ2) is 10.7. The normalized spacial score (nSPS) is 22.6. The Kier molecular flexibility index (Phi) is 7.98. The molecular formula is C25H33Cl2N5S. The van der Waals surface area contributed by atoms with Crippen LogP contribution in [0.4, 0.5) is 11.8 Å². The summed E-state index contributed by atoms with van der Waals surface area (Å²) in [6.45, 7) is 7.28. The molecule has 33 heavy (non-hydrogen) atoms. The fourth-order valence-electron chi connectivity index (χ4n) is 5.47. The predicted molar refractivity (Wildman–Crippen MR) is 143 cm³/mol. The Labute approximate surface area is 212 Å². The minimum Gasteiger partial charge on any atom is -0.361 e. The largest absolute Gasteiger partial charge is 0.361 e. The number of hydrogen-bond acceptors (Lipinski definition) is 4. The average Bonchev–Trinajstić information content (AvgIpc) is 2.78. The van der Waals surface area contributed by atoms with Crippen LogP contribution in [0.3, 0.4) is 0 Å². The summed E-state index contributed by atoms with van der Waals surface area (Å²) < 4.78 is 0. The molecule has 8 heteroatoms. The first kappa shape index (κ1) is 24.5. The van der Waals surface area contributed by atoms with Crippen LogP contribution >= 0.6 is 35.4 Å². The lowest BCUT2D eigenvalue weighted by Crippen LogP contribution is -2.43. The van der Waals surface area contributed by atoms with Gasteiger partial charge in [-0.15, -0.1) is 0 Å². The van der Waals surface area contributed by atoms with E-state index in [0.717, 1.165) is 43.3 Å². The van der Waals surface area contributed by atoms with Crippen LogP contribution in [-0.4, -0.2) is 34.7 Å². The van der Waals surface area contributed by atoms with E-state index in [4.69, 9.17) is 40.4 Å². The second-order valence-electron chi connectivity index (χ2n) is 9.88. The zero-order chi connectivity index (χ0) is 23.4. The van der Waals surface area contributed by atoms with Gasteiger partial charge in [0.25, 0.3) is 0 Å². The molecule has 0 unspecified atom stereocenters. The van der Waals surface area contributed by atoms with Gasteiger partial charge >= 0.3 is 0 Å². The number of benzene rings is 1. The highest BCUT2D eigenvalue weighted by molar-refractivity contribution is 7.80. The summed E-state index contributed by atoms with van der Waals surface area (Å²) >= 11 is 18.1. The minimum atomic E-state index is 0.0506. The maximum Gasteiger partial charge on any atom is 0.232 e. The number of halogens is 2. The molecule has 1 saturated heterocycles. The van der Waals surface area contributed by atoms with Crippen molar-refractivity contribution in [2.75, 3.05) is 29.9 Å². The van der Waals surface area contributed by atoms with E-state index in [1.165, 1.54) is 31.2 Å². The van der Waals surface area contributed by atoms with Gasteiger partial charge in [-0.05, 0) is 61.0 Å². The molecule has 178 valence electrons. The molecule has 5 nitrogen and oxygen atoms in total. The van der Waals surface area contributed by atoms with Crippen molar-refractivity contribution in [2.24, 2.45) is 11.8 Å². The third kappa shape index (κ3) is 6.28. The number of hydrogen-bond donors (Lipinski definition) is 2. The van der Waals surface area contributed by atoms with Crippen LogP contribution in [-0.2, 0) is 5.41 Å². The summed E-state index contributed by atoms with van der Waals surface area (Å²) in [6.07, 6.45) is 7.23. The van der Waals surface area contributed by atoms with Crippen LogP contribution in [0.1, 0.15) is 57.9 Å². The van der Waals surface area contributed by atoms with Crippen LogP contribution in [0.5, 0.6) is 0 Å². The van der Waals surface area contributed by atoms with Gasteiger partial charge in [0, 0.05) is 36.1 Å². The van der Waals surface area contributed by atoms with Gasteiger partial charge in [0.1, 0.15) is 11.0 Å². The Morgan fingerprint density at radius 3 is 2.39 bits per heavy atom. The first-order valence-electron chi connectivity index (χ1n) is 11.9. The van der Waals surface area contributed by atoms with Gasteiger partial charge in [0.05, 0.1) is 0 Å². The van der Waals surface area contributed by atoms with E-state index in [9.17, 15) is 0 Å². The summed E-state index contributed by atoms with van der Waals surface area (Å²) in [5.74, 6) is 2.54. The highest BCUT2D eigenvalue weighted by atomic mass is 35.5. The topological polar surface area (TPSA) is 53.1 Å². The van der Waals surface area contributed by atoms with Crippen molar-refractivity contribution in [3.05, 3.63) is 46.1 Å². The van der Waals surface area contributed by atoms with Gasteiger partial charge < -0.3 is 15.5 Å². The lowest BCUT2D eigenvalue weighted by Gasteiger charge is -2.38. The van der Waals surface area contributed by atoms with E-state index < -0.39 is 0 Å². The molecule has 2 atom stereocenters. The van der Waals surface area contributed by atoms with E-state index in [-0.39, 0.29) is 5.41 Å². The Balaban J connectivity index is 1.43. The number of thiocarbonyl (C=S) groups is 1. The highest BCUT2D eigenvalue weighted by Gasteiger charge is 2.34. The maximum atomic E-state index is 6.35. The van der Waals surface area contributed by atoms with Gasteiger partial charge in [-0.1, -0.05) is 68.4 Å². The SMILES string of the molecule is C[C@H]1C[C@H](C)CN(c2cc(Cl)nc(NC(=S)NCC3(c4ccc(Cl)cc4)CCCCC3)n2)C1. The number of anilines is 2. The first-order chi connectivity index (χ1) is 15.8. The highest BCUT2D eigenvalue weighted by Crippen LogP contribution is 2.39. The zero-order valence-corrected chi connectivity index (χ0v) is 21.7.